The van der Waals surface area contributed by atoms with Gasteiger partial charge in [-0.05, 0) is 50.9 Å². The predicted molar refractivity (Wildman–Crippen MR) is 84.2 cm³/mol. The fourth-order valence-electron chi connectivity index (χ4n) is 2.99. The first-order valence-electron chi connectivity index (χ1n) is 7.52. The largest absolute Gasteiger partial charge is 0.315 e. The van der Waals surface area contributed by atoms with Crippen LogP contribution in [-0.4, -0.2) is 43.2 Å². The maximum Gasteiger partial charge on any atom is 0.0438 e. The molecule has 18 heavy (non-hydrogen) atoms. The average molecular weight is 273 g/mol. The molecule has 0 aromatic heterocycles. The van der Waals surface area contributed by atoms with Crippen LogP contribution in [0, 0.1) is 11.8 Å². The summed E-state index contributed by atoms with van der Waals surface area (Å²) < 4.78 is 0. The van der Waals surface area contributed by atoms with Crippen LogP contribution in [0.15, 0.2) is 0 Å². The van der Waals surface area contributed by atoms with E-state index in [1.807, 2.05) is 11.8 Å². The molecule has 1 fully saturated rings. The molecule has 3 heteroatoms. The van der Waals surface area contributed by atoms with Crippen molar-refractivity contribution in [1.82, 2.24) is 10.2 Å². The molecule has 0 radical (unpaired) electrons. The summed E-state index contributed by atoms with van der Waals surface area (Å²) in [6.07, 6.45) is 9.38. The summed E-state index contributed by atoms with van der Waals surface area (Å²) in [6, 6.07) is 0.640. The molecule has 108 valence electrons. The molecule has 0 aliphatic heterocycles. The molecular weight excluding hydrogens is 240 g/mol. The third kappa shape index (κ3) is 7.01. The molecule has 0 spiro atoms. The monoisotopic (exact) mass is 272 g/mol. The van der Waals surface area contributed by atoms with E-state index in [1.54, 1.807) is 0 Å². The Bertz CT molecular complexity index is 201. The highest BCUT2D eigenvalue weighted by Gasteiger charge is 2.21. The van der Waals surface area contributed by atoms with Crippen molar-refractivity contribution < 1.29 is 0 Å². The first-order valence-corrected chi connectivity index (χ1v) is 8.92. The third-order valence-electron chi connectivity index (χ3n) is 3.99. The van der Waals surface area contributed by atoms with Crippen molar-refractivity contribution in [2.75, 3.05) is 32.3 Å². The first-order chi connectivity index (χ1) is 8.61. The second-order valence-corrected chi connectivity index (χ2v) is 7.08. The van der Waals surface area contributed by atoms with Crippen LogP contribution >= 0.6 is 11.8 Å². The summed E-state index contributed by atoms with van der Waals surface area (Å²) in [5.41, 5.74) is 0. The van der Waals surface area contributed by atoms with Crippen LogP contribution in [0.2, 0.25) is 0 Å². The Hall–Kier alpha value is 0.270. The minimum Gasteiger partial charge on any atom is -0.315 e. The zero-order valence-electron chi connectivity index (χ0n) is 12.7. The molecule has 0 amide bonds. The summed E-state index contributed by atoms with van der Waals surface area (Å²) in [5, 5.41) is 3.54. The van der Waals surface area contributed by atoms with Gasteiger partial charge in [-0.25, -0.2) is 0 Å². The number of hydrogen-bond donors (Lipinski definition) is 1. The van der Waals surface area contributed by atoms with Crippen molar-refractivity contribution in [2.45, 2.75) is 52.0 Å². The Kier molecular flexibility index (Phi) is 8.36. The molecule has 0 heterocycles. The lowest BCUT2D eigenvalue weighted by atomic mass is 9.80. The fourth-order valence-corrected chi connectivity index (χ4v) is 3.54. The van der Waals surface area contributed by atoms with E-state index in [0.29, 0.717) is 6.04 Å². The molecule has 1 aliphatic rings. The molecule has 2 nitrogen and oxygen atoms in total. The van der Waals surface area contributed by atoms with Crippen LogP contribution in [0.1, 0.15) is 46.0 Å². The Morgan fingerprint density at radius 3 is 2.33 bits per heavy atom. The van der Waals surface area contributed by atoms with Gasteiger partial charge in [-0.3, -0.25) is 4.90 Å². The van der Waals surface area contributed by atoms with Gasteiger partial charge in [0.2, 0.25) is 0 Å². The zero-order chi connectivity index (χ0) is 13.4. The first kappa shape index (κ1) is 16.3. The second-order valence-electron chi connectivity index (χ2n) is 6.24. The van der Waals surface area contributed by atoms with E-state index in [2.05, 4.69) is 37.4 Å². The van der Waals surface area contributed by atoms with E-state index in [4.69, 9.17) is 0 Å². The molecule has 1 aliphatic carbocycles. The maximum absolute atomic E-state index is 3.54. The molecule has 0 aromatic carbocycles. The van der Waals surface area contributed by atoms with E-state index in [1.165, 1.54) is 51.1 Å². The molecular formula is C15H32N2S. The van der Waals surface area contributed by atoms with Gasteiger partial charge in [-0.15, -0.1) is 11.8 Å². The Morgan fingerprint density at radius 1 is 1.17 bits per heavy atom. The molecule has 0 unspecified atom stereocenters. The highest BCUT2D eigenvalue weighted by atomic mass is 32.2. The van der Waals surface area contributed by atoms with Gasteiger partial charge < -0.3 is 5.32 Å². The van der Waals surface area contributed by atoms with Crippen molar-refractivity contribution in [1.29, 1.82) is 0 Å². The van der Waals surface area contributed by atoms with E-state index >= 15 is 0 Å². The number of thioether (sulfide) groups is 1. The van der Waals surface area contributed by atoms with Crippen LogP contribution in [0.3, 0.4) is 0 Å². The van der Waals surface area contributed by atoms with E-state index in [-0.39, 0.29) is 0 Å². The smallest absolute Gasteiger partial charge is 0.0438 e. The van der Waals surface area contributed by atoms with Crippen molar-refractivity contribution in [3.05, 3.63) is 0 Å². The van der Waals surface area contributed by atoms with Gasteiger partial charge in [-0.2, -0.15) is 0 Å². The molecule has 0 bridgehead atoms. The van der Waals surface area contributed by atoms with Gasteiger partial charge >= 0.3 is 0 Å². The van der Waals surface area contributed by atoms with Gasteiger partial charge in [0.05, 0.1) is 0 Å². The lowest BCUT2D eigenvalue weighted by Gasteiger charge is -2.31. The summed E-state index contributed by atoms with van der Waals surface area (Å²) in [7, 11) is 2.26. The van der Waals surface area contributed by atoms with Crippen LogP contribution in [0.4, 0.5) is 0 Å². The van der Waals surface area contributed by atoms with E-state index < -0.39 is 0 Å². The zero-order valence-corrected chi connectivity index (χ0v) is 13.6. The quantitative estimate of drug-likeness (QED) is 0.682. The predicted octanol–water partition coefficient (Wildman–Crippen LogP) is 3.43. The van der Waals surface area contributed by atoms with Gasteiger partial charge in [0.25, 0.3) is 0 Å². The van der Waals surface area contributed by atoms with Gasteiger partial charge in [0.15, 0.2) is 0 Å². The highest BCUT2D eigenvalue weighted by Crippen LogP contribution is 2.31. The molecule has 1 N–H and O–H groups in total. The lowest BCUT2D eigenvalue weighted by Crippen LogP contribution is -2.30. The van der Waals surface area contributed by atoms with Crippen LogP contribution in [-0.2, 0) is 0 Å². The van der Waals surface area contributed by atoms with Crippen molar-refractivity contribution in [3.63, 3.8) is 0 Å². The minimum absolute atomic E-state index is 0.640. The SMILES string of the molecule is CSCN(C)CC1CCC(CCNC(C)C)CC1. The molecule has 0 atom stereocenters. The average Bonchev–Trinajstić information content (AvgIpc) is 2.31. The summed E-state index contributed by atoms with van der Waals surface area (Å²) in [5.74, 6) is 3.12. The van der Waals surface area contributed by atoms with Gasteiger partial charge in [0.1, 0.15) is 0 Å². The molecule has 0 saturated heterocycles. The Balaban J connectivity index is 2.09. The van der Waals surface area contributed by atoms with Crippen molar-refractivity contribution in [3.8, 4) is 0 Å². The molecule has 1 rings (SSSR count). The Morgan fingerprint density at radius 2 is 1.78 bits per heavy atom. The number of rotatable bonds is 8. The summed E-state index contributed by atoms with van der Waals surface area (Å²) in [6.45, 7) is 6.98. The number of nitrogens with one attached hydrogen (secondary N) is 1. The third-order valence-corrected chi connectivity index (χ3v) is 4.69. The second kappa shape index (κ2) is 9.22. The maximum atomic E-state index is 3.54. The van der Waals surface area contributed by atoms with Crippen molar-refractivity contribution in [2.24, 2.45) is 11.8 Å². The van der Waals surface area contributed by atoms with E-state index in [0.717, 1.165) is 11.8 Å². The fraction of sp³-hybridized carbons (Fsp3) is 1.00. The minimum atomic E-state index is 0.640. The normalized spacial score (nSPS) is 25.0. The summed E-state index contributed by atoms with van der Waals surface area (Å²) >= 11 is 1.93. The van der Waals surface area contributed by atoms with Crippen LogP contribution < -0.4 is 5.32 Å². The number of hydrogen-bond acceptors (Lipinski definition) is 3. The summed E-state index contributed by atoms with van der Waals surface area (Å²) in [4.78, 5) is 2.48. The Labute approximate surface area is 118 Å². The number of nitrogens with zero attached hydrogens (tertiary/aromatic N) is 1. The topological polar surface area (TPSA) is 15.3 Å². The van der Waals surface area contributed by atoms with Crippen LogP contribution in [0.5, 0.6) is 0 Å². The van der Waals surface area contributed by atoms with Crippen molar-refractivity contribution >= 4 is 11.8 Å². The van der Waals surface area contributed by atoms with Crippen LogP contribution in [0.25, 0.3) is 0 Å². The highest BCUT2D eigenvalue weighted by molar-refractivity contribution is 7.98. The van der Waals surface area contributed by atoms with Gasteiger partial charge in [0, 0.05) is 18.5 Å². The van der Waals surface area contributed by atoms with Gasteiger partial charge in [-0.1, -0.05) is 26.7 Å². The van der Waals surface area contributed by atoms with E-state index in [9.17, 15) is 0 Å². The molecule has 0 aromatic rings. The standard InChI is InChI=1S/C15H32N2S/c1-13(2)16-10-9-14-5-7-15(8-6-14)11-17(3)12-18-4/h13-16H,5-12H2,1-4H3. The molecule has 1 saturated carbocycles. The lowest BCUT2D eigenvalue weighted by molar-refractivity contribution is 0.212.